The molecule has 0 aromatic rings. The number of amides is 2. The van der Waals surface area contributed by atoms with Crippen molar-refractivity contribution >= 4 is 18.7 Å². The Morgan fingerprint density at radius 1 is 1.08 bits per heavy atom. The van der Waals surface area contributed by atoms with Gasteiger partial charge in [0.2, 0.25) is 0 Å². The molecular weight excluding hydrogens is 172 g/mol. The second-order valence-electron chi connectivity index (χ2n) is 4.39. The summed E-state index contributed by atoms with van der Waals surface area (Å²) in [4.78, 5) is 10.7. The van der Waals surface area contributed by atoms with Crippen LogP contribution in [0.2, 0.25) is 0 Å². The number of carbonyl (C=O) groups is 1. The predicted molar refractivity (Wildman–Crippen MR) is 54.5 cm³/mol. The van der Waals surface area contributed by atoms with E-state index in [1.54, 1.807) is 0 Å². The van der Waals surface area contributed by atoms with Crippen molar-refractivity contribution in [3.8, 4) is 0 Å². The lowest BCUT2D eigenvalue weighted by atomic mass is 10.1. The van der Waals surface area contributed by atoms with Gasteiger partial charge in [0.05, 0.1) is 4.87 Å². The first kappa shape index (κ1) is 11.6. The summed E-state index contributed by atoms with van der Waals surface area (Å²) in [5.74, 6) is 0. The lowest BCUT2D eigenvalue weighted by molar-refractivity contribution is 0.228. The van der Waals surface area contributed by atoms with Crippen LogP contribution in [0.3, 0.4) is 0 Å². The fourth-order valence-corrected chi connectivity index (χ4v) is 0.751. The minimum atomic E-state index is -0.477. The zero-order chi connectivity index (χ0) is 9.99. The Kier molecular flexibility index (Phi) is 3.45. The van der Waals surface area contributed by atoms with Crippen LogP contribution in [0, 0.1) is 0 Å². The van der Waals surface area contributed by atoms with Gasteiger partial charge in [-0.3, -0.25) is 0 Å². The molecule has 2 amide bonds. The van der Waals surface area contributed by atoms with Gasteiger partial charge >= 0.3 is 6.03 Å². The summed E-state index contributed by atoms with van der Waals surface area (Å²) in [6, 6.07) is -0.192. The van der Waals surface area contributed by atoms with Crippen molar-refractivity contribution in [1.29, 1.82) is 0 Å². The molecule has 0 heterocycles. The molecule has 0 radical (unpaired) electrons. The topological polar surface area (TPSA) is 41.1 Å². The predicted octanol–water partition coefficient (Wildman–Crippen LogP) is 1.75. The third-order valence-electron chi connectivity index (χ3n) is 0.908. The van der Waals surface area contributed by atoms with E-state index in [2.05, 4.69) is 23.3 Å². The lowest BCUT2D eigenvalue weighted by Gasteiger charge is -2.25. The van der Waals surface area contributed by atoms with Crippen molar-refractivity contribution in [2.45, 2.75) is 45.0 Å². The minimum Gasteiger partial charge on any atom is -0.334 e. The van der Waals surface area contributed by atoms with Crippen LogP contribution >= 0.6 is 12.6 Å². The monoisotopic (exact) mass is 190 g/mol. The smallest absolute Gasteiger partial charge is 0.316 e. The highest BCUT2D eigenvalue weighted by Crippen LogP contribution is 2.06. The average Bonchev–Trinajstić information content (AvgIpc) is 1.49. The van der Waals surface area contributed by atoms with Crippen molar-refractivity contribution in [2.24, 2.45) is 0 Å². The van der Waals surface area contributed by atoms with Crippen molar-refractivity contribution < 1.29 is 4.79 Å². The summed E-state index contributed by atoms with van der Waals surface area (Å²) in [7, 11) is 0. The molecule has 0 rings (SSSR count). The minimum absolute atomic E-state index is 0.192. The van der Waals surface area contributed by atoms with E-state index in [1.165, 1.54) is 0 Å². The number of thiol groups is 1. The van der Waals surface area contributed by atoms with Gasteiger partial charge in [-0.15, -0.1) is 0 Å². The molecule has 0 aliphatic carbocycles. The van der Waals surface area contributed by atoms with Crippen LogP contribution in [0.4, 0.5) is 4.79 Å². The second kappa shape index (κ2) is 3.56. The molecule has 3 nitrogen and oxygen atoms in total. The standard InChI is InChI=1S/C8H18N2OS/c1-7(2,3)9-6(11)10-8(4,5)12/h12H,1-5H3,(H2,9,10,11). The molecule has 0 atom stereocenters. The van der Waals surface area contributed by atoms with Crippen LogP contribution in [0.1, 0.15) is 34.6 Å². The third kappa shape index (κ3) is 7.72. The molecule has 0 spiro atoms. The summed E-state index contributed by atoms with van der Waals surface area (Å²) in [5.41, 5.74) is -0.205. The van der Waals surface area contributed by atoms with Crippen LogP contribution in [0.25, 0.3) is 0 Å². The molecule has 0 aromatic heterocycles. The summed E-state index contributed by atoms with van der Waals surface area (Å²) in [5, 5.41) is 5.47. The summed E-state index contributed by atoms with van der Waals surface area (Å²) < 4.78 is 0. The molecule has 4 heteroatoms. The second-order valence-corrected chi connectivity index (χ2v) is 5.51. The highest BCUT2D eigenvalue weighted by atomic mass is 32.1. The van der Waals surface area contributed by atoms with E-state index in [0.29, 0.717) is 0 Å². The van der Waals surface area contributed by atoms with Crippen LogP contribution in [0.15, 0.2) is 0 Å². The maximum absolute atomic E-state index is 11.2. The van der Waals surface area contributed by atoms with Gasteiger partial charge in [0.15, 0.2) is 0 Å². The van der Waals surface area contributed by atoms with Gasteiger partial charge in [-0.25, -0.2) is 4.79 Å². The van der Waals surface area contributed by atoms with Gasteiger partial charge in [-0.05, 0) is 34.6 Å². The molecule has 72 valence electrons. The number of rotatable bonds is 1. The lowest BCUT2D eigenvalue weighted by Crippen LogP contribution is -2.51. The molecule has 0 aliphatic rings. The Hall–Kier alpha value is -0.380. The quantitative estimate of drug-likeness (QED) is 0.428. The van der Waals surface area contributed by atoms with E-state index < -0.39 is 4.87 Å². The van der Waals surface area contributed by atoms with Crippen LogP contribution in [0.5, 0.6) is 0 Å². The molecule has 2 N–H and O–H groups in total. The number of hydrogen-bond donors (Lipinski definition) is 3. The first-order valence-electron chi connectivity index (χ1n) is 3.93. The molecule has 0 aliphatic heterocycles. The van der Waals surface area contributed by atoms with Gasteiger partial charge in [-0.1, -0.05) is 0 Å². The van der Waals surface area contributed by atoms with E-state index in [0.717, 1.165) is 0 Å². The van der Waals surface area contributed by atoms with Gasteiger partial charge in [0, 0.05) is 5.54 Å². The molecule has 12 heavy (non-hydrogen) atoms. The van der Waals surface area contributed by atoms with Crippen molar-refractivity contribution in [3.05, 3.63) is 0 Å². The fourth-order valence-electron chi connectivity index (χ4n) is 0.650. The van der Waals surface area contributed by atoms with Gasteiger partial charge in [0.1, 0.15) is 0 Å². The summed E-state index contributed by atoms with van der Waals surface area (Å²) in [6.45, 7) is 9.42. The normalized spacial score (nSPS) is 12.5. The molecular formula is C8H18N2OS. The average molecular weight is 190 g/mol. The number of carbonyl (C=O) groups excluding carboxylic acids is 1. The fraction of sp³-hybridized carbons (Fsp3) is 0.875. The van der Waals surface area contributed by atoms with Crippen molar-refractivity contribution in [2.75, 3.05) is 0 Å². The van der Waals surface area contributed by atoms with Crippen molar-refractivity contribution in [3.63, 3.8) is 0 Å². The molecule has 0 saturated heterocycles. The summed E-state index contributed by atoms with van der Waals surface area (Å²) >= 11 is 4.17. The highest BCUT2D eigenvalue weighted by Gasteiger charge is 2.18. The van der Waals surface area contributed by atoms with E-state index in [4.69, 9.17) is 0 Å². The third-order valence-corrected chi connectivity index (χ3v) is 1.02. The van der Waals surface area contributed by atoms with E-state index in [1.807, 2.05) is 34.6 Å². The molecule has 0 fully saturated rings. The number of nitrogens with one attached hydrogen (secondary N) is 2. The Morgan fingerprint density at radius 3 is 1.75 bits per heavy atom. The Bertz CT molecular complexity index is 149. The van der Waals surface area contributed by atoms with E-state index in [-0.39, 0.29) is 11.6 Å². The van der Waals surface area contributed by atoms with Crippen LogP contribution in [-0.4, -0.2) is 16.4 Å². The maximum atomic E-state index is 11.2. The zero-order valence-electron chi connectivity index (χ0n) is 8.36. The Morgan fingerprint density at radius 2 is 1.50 bits per heavy atom. The van der Waals surface area contributed by atoms with Gasteiger partial charge < -0.3 is 10.6 Å². The van der Waals surface area contributed by atoms with Gasteiger partial charge in [0.25, 0.3) is 0 Å². The number of hydrogen-bond acceptors (Lipinski definition) is 2. The Balaban J connectivity index is 3.92. The van der Waals surface area contributed by atoms with Gasteiger partial charge in [-0.2, -0.15) is 12.6 Å². The van der Waals surface area contributed by atoms with Crippen LogP contribution < -0.4 is 10.6 Å². The first-order valence-corrected chi connectivity index (χ1v) is 4.37. The molecule has 0 unspecified atom stereocenters. The van der Waals surface area contributed by atoms with Crippen molar-refractivity contribution in [1.82, 2.24) is 10.6 Å². The molecule has 0 bridgehead atoms. The van der Waals surface area contributed by atoms with E-state index in [9.17, 15) is 4.79 Å². The molecule has 0 saturated carbocycles. The Labute approximate surface area is 79.7 Å². The maximum Gasteiger partial charge on any atom is 0.316 e. The first-order chi connectivity index (χ1) is 5.10. The summed E-state index contributed by atoms with van der Waals surface area (Å²) in [6.07, 6.45) is 0. The highest BCUT2D eigenvalue weighted by molar-refractivity contribution is 7.81. The van der Waals surface area contributed by atoms with Crippen LogP contribution in [-0.2, 0) is 0 Å². The number of urea groups is 1. The zero-order valence-corrected chi connectivity index (χ0v) is 9.25. The SMILES string of the molecule is CC(C)(C)NC(=O)NC(C)(C)S. The van der Waals surface area contributed by atoms with E-state index >= 15 is 0 Å². The largest absolute Gasteiger partial charge is 0.334 e. The molecule has 0 aromatic carbocycles.